The van der Waals surface area contributed by atoms with E-state index in [2.05, 4.69) is 10.3 Å². The number of hydrogen-bond donors (Lipinski definition) is 1. The summed E-state index contributed by atoms with van der Waals surface area (Å²) >= 11 is 0. The molecule has 0 fully saturated rings. The van der Waals surface area contributed by atoms with Crippen LogP contribution in [0, 0.1) is 5.82 Å². The number of nitrogens with zero attached hydrogens (tertiary/aromatic N) is 2. The maximum atomic E-state index is 12.5. The van der Waals surface area contributed by atoms with E-state index in [1.807, 2.05) is 0 Å². The zero-order chi connectivity index (χ0) is 8.10. The molecule has 0 saturated heterocycles. The smallest absolute Gasteiger partial charge is 0.123 e. The molecule has 4 heteroatoms. The topological polar surface area (TPSA) is 50.7 Å². The summed E-state index contributed by atoms with van der Waals surface area (Å²) in [7, 11) is 0. The van der Waals surface area contributed by atoms with E-state index >= 15 is 0 Å². The SMILES string of the molecule is NN=NCc1cccc(F)c1. The van der Waals surface area contributed by atoms with Gasteiger partial charge in [0.15, 0.2) is 0 Å². The van der Waals surface area contributed by atoms with Crippen molar-refractivity contribution in [1.82, 2.24) is 0 Å². The Labute approximate surface area is 63.7 Å². The van der Waals surface area contributed by atoms with Gasteiger partial charge in [-0.05, 0) is 17.7 Å². The first-order valence-electron chi connectivity index (χ1n) is 3.14. The fourth-order valence-electron chi connectivity index (χ4n) is 0.758. The molecule has 0 spiro atoms. The van der Waals surface area contributed by atoms with Crippen LogP contribution in [-0.4, -0.2) is 0 Å². The highest BCUT2D eigenvalue weighted by molar-refractivity contribution is 5.15. The normalized spacial score (nSPS) is 10.6. The van der Waals surface area contributed by atoms with Gasteiger partial charge >= 0.3 is 0 Å². The third-order valence-electron chi connectivity index (χ3n) is 1.22. The standard InChI is InChI=1S/C7H8FN3/c8-7-3-1-2-6(4-7)5-10-11-9/h1-4H,5H2,(H2,9,10). The molecule has 58 valence electrons. The highest BCUT2D eigenvalue weighted by atomic mass is 19.1. The van der Waals surface area contributed by atoms with Gasteiger partial charge in [-0.3, -0.25) is 0 Å². The molecule has 0 aliphatic carbocycles. The summed E-state index contributed by atoms with van der Waals surface area (Å²) in [4.78, 5) is 0. The Bertz CT molecular complexity index is 260. The number of benzene rings is 1. The Kier molecular flexibility index (Phi) is 2.54. The molecule has 0 atom stereocenters. The highest BCUT2D eigenvalue weighted by Gasteiger charge is 1.92. The number of halogens is 1. The summed E-state index contributed by atoms with van der Waals surface area (Å²) in [6.45, 7) is 0.328. The van der Waals surface area contributed by atoms with Gasteiger partial charge in [0.1, 0.15) is 5.82 Å². The van der Waals surface area contributed by atoms with Crippen molar-refractivity contribution in [1.29, 1.82) is 0 Å². The fourth-order valence-corrected chi connectivity index (χ4v) is 0.758. The van der Waals surface area contributed by atoms with Crippen LogP contribution in [-0.2, 0) is 6.54 Å². The van der Waals surface area contributed by atoms with Gasteiger partial charge in [-0.2, -0.15) is 5.11 Å². The van der Waals surface area contributed by atoms with Crippen LogP contribution in [0.25, 0.3) is 0 Å². The molecule has 0 radical (unpaired) electrons. The molecular formula is C7H8FN3. The van der Waals surface area contributed by atoms with E-state index in [-0.39, 0.29) is 5.82 Å². The van der Waals surface area contributed by atoms with Crippen LogP contribution in [0.15, 0.2) is 34.6 Å². The van der Waals surface area contributed by atoms with E-state index in [1.165, 1.54) is 12.1 Å². The summed E-state index contributed by atoms with van der Waals surface area (Å²) in [6, 6.07) is 6.16. The molecule has 11 heavy (non-hydrogen) atoms. The van der Waals surface area contributed by atoms with Crippen LogP contribution in [0.1, 0.15) is 5.56 Å². The summed E-state index contributed by atoms with van der Waals surface area (Å²) in [5.41, 5.74) is 0.763. The van der Waals surface area contributed by atoms with E-state index < -0.39 is 0 Å². The lowest BCUT2D eigenvalue weighted by Gasteiger charge is -1.93. The summed E-state index contributed by atoms with van der Waals surface area (Å²) in [6.07, 6.45) is 0. The van der Waals surface area contributed by atoms with Crippen LogP contribution in [0.5, 0.6) is 0 Å². The minimum absolute atomic E-state index is 0.269. The van der Waals surface area contributed by atoms with Gasteiger partial charge in [0.05, 0.1) is 6.54 Å². The van der Waals surface area contributed by atoms with Crippen molar-refractivity contribution in [3.8, 4) is 0 Å². The lowest BCUT2D eigenvalue weighted by Crippen LogP contribution is -1.83. The Hall–Kier alpha value is -1.45. The van der Waals surface area contributed by atoms with Gasteiger partial charge in [0, 0.05) is 0 Å². The second kappa shape index (κ2) is 3.65. The average Bonchev–Trinajstić information content (AvgIpc) is 2.01. The Balaban J connectivity index is 2.71. The second-order valence-corrected chi connectivity index (χ2v) is 2.04. The molecule has 0 aromatic heterocycles. The third-order valence-corrected chi connectivity index (χ3v) is 1.22. The van der Waals surface area contributed by atoms with Crippen molar-refractivity contribution in [2.24, 2.45) is 16.2 Å². The quantitative estimate of drug-likeness (QED) is 0.392. The molecule has 0 heterocycles. The van der Waals surface area contributed by atoms with Gasteiger partial charge in [-0.25, -0.2) is 4.39 Å². The van der Waals surface area contributed by atoms with Crippen molar-refractivity contribution < 1.29 is 4.39 Å². The molecule has 0 saturated carbocycles. The van der Waals surface area contributed by atoms with Crippen molar-refractivity contribution in [3.05, 3.63) is 35.6 Å². The first-order chi connectivity index (χ1) is 5.33. The molecule has 1 rings (SSSR count). The second-order valence-electron chi connectivity index (χ2n) is 2.04. The lowest BCUT2D eigenvalue weighted by atomic mass is 10.2. The van der Waals surface area contributed by atoms with Crippen LogP contribution in [0.4, 0.5) is 4.39 Å². The summed E-state index contributed by atoms with van der Waals surface area (Å²) in [5, 5.41) is 6.58. The van der Waals surface area contributed by atoms with Gasteiger partial charge < -0.3 is 5.84 Å². The zero-order valence-electron chi connectivity index (χ0n) is 5.87. The van der Waals surface area contributed by atoms with Crippen LogP contribution < -0.4 is 5.84 Å². The van der Waals surface area contributed by atoms with Gasteiger partial charge in [0.2, 0.25) is 0 Å². The van der Waals surface area contributed by atoms with Crippen molar-refractivity contribution in [2.45, 2.75) is 6.54 Å². The number of hydrogen-bond acceptors (Lipinski definition) is 2. The molecule has 0 aliphatic rings. The Morgan fingerprint density at radius 3 is 2.91 bits per heavy atom. The predicted molar refractivity (Wildman–Crippen MR) is 39.1 cm³/mol. The third kappa shape index (κ3) is 2.33. The molecule has 1 aromatic carbocycles. The van der Waals surface area contributed by atoms with Gasteiger partial charge in [0.25, 0.3) is 0 Å². The van der Waals surface area contributed by atoms with Crippen molar-refractivity contribution in [2.75, 3.05) is 0 Å². The molecule has 0 aliphatic heterocycles. The zero-order valence-corrected chi connectivity index (χ0v) is 5.87. The maximum absolute atomic E-state index is 12.5. The maximum Gasteiger partial charge on any atom is 0.123 e. The van der Waals surface area contributed by atoms with Crippen molar-refractivity contribution in [3.63, 3.8) is 0 Å². The lowest BCUT2D eigenvalue weighted by molar-refractivity contribution is 0.625. The van der Waals surface area contributed by atoms with E-state index in [0.29, 0.717) is 6.54 Å². The molecule has 0 amide bonds. The molecule has 1 aromatic rings. The van der Waals surface area contributed by atoms with E-state index in [9.17, 15) is 4.39 Å². The van der Waals surface area contributed by atoms with Gasteiger partial charge in [-0.15, -0.1) is 0 Å². The molecule has 3 nitrogen and oxygen atoms in total. The monoisotopic (exact) mass is 153 g/mol. The van der Waals surface area contributed by atoms with Crippen LogP contribution >= 0.6 is 0 Å². The molecule has 2 N–H and O–H groups in total. The van der Waals surface area contributed by atoms with E-state index in [0.717, 1.165) is 5.56 Å². The van der Waals surface area contributed by atoms with Crippen LogP contribution in [0.3, 0.4) is 0 Å². The minimum atomic E-state index is -0.269. The number of nitrogens with two attached hydrogens (primary N) is 1. The van der Waals surface area contributed by atoms with Gasteiger partial charge in [-0.1, -0.05) is 17.4 Å². The van der Waals surface area contributed by atoms with Crippen molar-refractivity contribution >= 4 is 0 Å². The Morgan fingerprint density at radius 2 is 2.27 bits per heavy atom. The minimum Gasteiger partial charge on any atom is -0.305 e. The molecular weight excluding hydrogens is 145 g/mol. The van der Waals surface area contributed by atoms with E-state index in [1.54, 1.807) is 12.1 Å². The number of rotatable bonds is 2. The fraction of sp³-hybridized carbons (Fsp3) is 0.143. The molecule has 0 unspecified atom stereocenters. The Morgan fingerprint density at radius 1 is 1.45 bits per heavy atom. The predicted octanol–water partition coefficient (Wildman–Crippen LogP) is 1.65. The largest absolute Gasteiger partial charge is 0.305 e. The van der Waals surface area contributed by atoms with Crippen LogP contribution in [0.2, 0.25) is 0 Å². The first-order valence-corrected chi connectivity index (χ1v) is 3.14. The molecule has 0 bridgehead atoms. The first kappa shape index (κ1) is 7.65. The average molecular weight is 153 g/mol. The van der Waals surface area contributed by atoms with E-state index in [4.69, 9.17) is 5.84 Å². The summed E-state index contributed by atoms with van der Waals surface area (Å²) < 4.78 is 12.5. The highest BCUT2D eigenvalue weighted by Crippen LogP contribution is 2.04. The summed E-state index contributed by atoms with van der Waals surface area (Å²) in [5.74, 6) is 4.51.